The molecule has 32 heavy (non-hydrogen) atoms. The standard InChI is InChI=1S/C26H27N3O3/c30-24(27-14-6-1-7-15-27)18-28-17-21(20-11-3-5-13-23(20)28)25(31)26(32)29-16-8-10-19-9-2-4-12-22(19)29/h2-5,9,11-13,17H,1,6-8,10,14-16,18H2. The van der Waals surface area contributed by atoms with Crippen molar-refractivity contribution in [2.45, 2.75) is 38.6 Å². The smallest absolute Gasteiger partial charge is 0.299 e. The van der Waals surface area contributed by atoms with E-state index in [4.69, 9.17) is 0 Å². The van der Waals surface area contributed by atoms with Crippen molar-refractivity contribution in [3.63, 3.8) is 0 Å². The Hall–Kier alpha value is -3.41. The van der Waals surface area contributed by atoms with Crippen LogP contribution < -0.4 is 4.90 Å². The topological polar surface area (TPSA) is 62.6 Å². The van der Waals surface area contributed by atoms with Crippen molar-refractivity contribution in [2.24, 2.45) is 0 Å². The first-order chi connectivity index (χ1) is 15.6. The second-order valence-corrected chi connectivity index (χ2v) is 8.65. The Balaban J connectivity index is 1.45. The highest BCUT2D eigenvalue weighted by Gasteiger charge is 2.30. The van der Waals surface area contributed by atoms with E-state index in [0.29, 0.717) is 17.5 Å². The zero-order valence-corrected chi connectivity index (χ0v) is 18.1. The van der Waals surface area contributed by atoms with Crippen LogP contribution in [0.3, 0.4) is 0 Å². The summed E-state index contributed by atoms with van der Waals surface area (Å²) in [6.07, 6.45) is 6.66. The molecule has 2 aliphatic heterocycles. The number of fused-ring (bicyclic) bond motifs is 2. The highest BCUT2D eigenvalue weighted by molar-refractivity contribution is 6.49. The number of rotatable bonds is 4. The van der Waals surface area contributed by atoms with Crippen molar-refractivity contribution in [1.82, 2.24) is 9.47 Å². The molecule has 2 aliphatic rings. The lowest BCUT2D eigenvalue weighted by atomic mass is 10.0. The molecule has 6 nitrogen and oxygen atoms in total. The predicted octanol–water partition coefficient (Wildman–Crippen LogP) is 3.82. The summed E-state index contributed by atoms with van der Waals surface area (Å²) in [5.41, 5.74) is 3.07. The van der Waals surface area contributed by atoms with Gasteiger partial charge in [-0.2, -0.15) is 0 Å². The van der Waals surface area contributed by atoms with Gasteiger partial charge in [0, 0.05) is 42.4 Å². The number of ketones is 1. The summed E-state index contributed by atoms with van der Waals surface area (Å²) in [5, 5.41) is 0.711. The maximum atomic E-state index is 13.4. The number of likely N-dealkylation sites (tertiary alicyclic amines) is 1. The van der Waals surface area contributed by atoms with Gasteiger partial charge in [0.1, 0.15) is 6.54 Å². The maximum absolute atomic E-state index is 13.4. The van der Waals surface area contributed by atoms with Crippen LogP contribution in [0.1, 0.15) is 41.6 Å². The van der Waals surface area contributed by atoms with E-state index in [1.54, 1.807) is 11.1 Å². The number of carbonyl (C=O) groups is 3. The Morgan fingerprint density at radius 3 is 2.41 bits per heavy atom. The monoisotopic (exact) mass is 429 g/mol. The zero-order valence-electron chi connectivity index (χ0n) is 18.1. The summed E-state index contributed by atoms with van der Waals surface area (Å²) in [6, 6.07) is 15.3. The van der Waals surface area contributed by atoms with Gasteiger partial charge in [-0.15, -0.1) is 0 Å². The molecule has 164 valence electrons. The van der Waals surface area contributed by atoms with Crippen LogP contribution in [-0.2, 0) is 22.6 Å². The van der Waals surface area contributed by atoms with Crippen molar-refractivity contribution >= 4 is 34.2 Å². The molecule has 0 spiro atoms. The molecule has 2 amide bonds. The summed E-state index contributed by atoms with van der Waals surface area (Å²) >= 11 is 0. The second-order valence-electron chi connectivity index (χ2n) is 8.65. The van der Waals surface area contributed by atoms with E-state index in [-0.39, 0.29) is 12.5 Å². The van der Waals surface area contributed by atoms with Crippen LogP contribution in [-0.4, -0.2) is 46.7 Å². The van der Waals surface area contributed by atoms with Crippen LogP contribution >= 0.6 is 0 Å². The molecule has 0 aliphatic carbocycles. The third kappa shape index (κ3) is 3.70. The molecule has 0 N–H and O–H groups in total. The summed E-state index contributed by atoms with van der Waals surface area (Å²) in [4.78, 5) is 43.0. The molecular formula is C26H27N3O3. The lowest BCUT2D eigenvalue weighted by Crippen LogP contribution is -2.40. The molecular weight excluding hydrogens is 402 g/mol. The number of hydrogen-bond acceptors (Lipinski definition) is 3. The first-order valence-electron chi connectivity index (χ1n) is 11.4. The molecule has 0 saturated carbocycles. The van der Waals surface area contributed by atoms with Crippen LogP contribution in [0.15, 0.2) is 54.7 Å². The van der Waals surface area contributed by atoms with Crippen molar-refractivity contribution < 1.29 is 14.4 Å². The Labute approximate surface area is 187 Å². The molecule has 0 bridgehead atoms. The number of aryl methyl sites for hydroxylation is 1. The Morgan fingerprint density at radius 2 is 1.56 bits per heavy atom. The number of Topliss-reactive ketones (excluding diaryl/α,β-unsaturated/α-hetero) is 1. The van der Waals surface area contributed by atoms with Crippen molar-refractivity contribution in [2.75, 3.05) is 24.5 Å². The van der Waals surface area contributed by atoms with E-state index in [9.17, 15) is 14.4 Å². The zero-order chi connectivity index (χ0) is 22.1. The second kappa shape index (κ2) is 8.61. The van der Waals surface area contributed by atoms with Crippen LogP contribution in [0.4, 0.5) is 5.69 Å². The minimum absolute atomic E-state index is 0.0562. The van der Waals surface area contributed by atoms with Crippen molar-refractivity contribution in [3.05, 3.63) is 65.9 Å². The fourth-order valence-electron chi connectivity index (χ4n) is 4.93. The number of nitrogens with zero attached hydrogens (tertiary/aromatic N) is 3. The van der Waals surface area contributed by atoms with Gasteiger partial charge in [-0.1, -0.05) is 36.4 Å². The van der Waals surface area contributed by atoms with Gasteiger partial charge in [0.2, 0.25) is 5.91 Å². The Kier molecular flexibility index (Phi) is 5.52. The minimum atomic E-state index is -0.526. The van der Waals surface area contributed by atoms with E-state index in [1.165, 1.54) is 0 Å². The first-order valence-corrected chi connectivity index (χ1v) is 11.4. The van der Waals surface area contributed by atoms with Gasteiger partial charge >= 0.3 is 0 Å². The molecule has 0 radical (unpaired) electrons. The van der Waals surface area contributed by atoms with Crippen LogP contribution in [0.5, 0.6) is 0 Å². The average Bonchev–Trinajstić information content (AvgIpc) is 3.21. The quantitative estimate of drug-likeness (QED) is 0.468. The Bertz CT molecular complexity index is 1190. The van der Waals surface area contributed by atoms with E-state index in [1.807, 2.05) is 58.0 Å². The maximum Gasteiger partial charge on any atom is 0.299 e. The van der Waals surface area contributed by atoms with Gasteiger partial charge in [0.25, 0.3) is 11.7 Å². The van der Waals surface area contributed by atoms with Gasteiger partial charge in [0.15, 0.2) is 0 Å². The van der Waals surface area contributed by atoms with Gasteiger partial charge < -0.3 is 14.4 Å². The van der Waals surface area contributed by atoms with Gasteiger partial charge in [-0.25, -0.2) is 0 Å². The largest absolute Gasteiger partial charge is 0.341 e. The number of benzene rings is 2. The number of amides is 2. The lowest BCUT2D eigenvalue weighted by Gasteiger charge is -2.28. The van der Waals surface area contributed by atoms with E-state index >= 15 is 0 Å². The van der Waals surface area contributed by atoms with Crippen LogP contribution in [0.2, 0.25) is 0 Å². The van der Waals surface area contributed by atoms with E-state index < -0.39 is 11.7 Å². The summed E-state index contributed by atoms with van der Waals surface area (Å²) in [5.74, 6) is -0.981. The number of aromatic nitrogens is 1. The lowest BCUT2D eigenvalue weighted by molar-refractivity contribution is -0.132. The van der Waals surface area contributed by atoms with Crippen molar-refractivity contribution in [3.8, 4) is 0 Å². The number of piperidine rings is 1. The molecule has 1 fully saturated rings. The predicted molar refractivity (Wildman–Crippen MR) is 124 cm³/mol. The third-order valence-electron chi connectivity index (χ3n) is 6.60. The molecule has 2 aromatic carbocycles. The van der Waals surface area contributed by atoms with Crippen molar-refractivity contribution in [1.29, 1.82) is 0 Å². The Morgan fingerprint density at radius 1 is 0.812 bits per heavy atom. The average molecular weight is 430 g/mol. The summed E-state index contributed by atoms with van der Waals surface area (Å²) < 4.78 is 1.82. The number of para-hydroxylation sites is 2. The van der Waals surface area contributed by atoms with E-state index in [2.05, 4.69) is 0 Å². The van der Waals surface area contributed by atoms with Gasteiger partial charge in [0.05, 0.1) is 5.56 Å². The first kappa shape index (κ1) is 20.5. The summed E-state index contributed by atoms with van der Waals surface area (Å²) in [6.45, 7) is 2.29. The molecule has 0 unspecified atom stereocenters. The molecule has 1 saturated heterocycles. The van der Waals surface area contributed by atoms with Gasteiger partial charge in [-0.05, 0) is 49.8 Å². The molecule has 3 heterocycles. The molecule has 5 rings (SSSR count). The highest BCUT2D eigenvalue weighted by atomic mass is 16.2. The highest BCUT2D eigenvalue weighted by Crippen LogP contribution is 2.29. The van der Waals surface area contributed by atoms with Gasteiger partial charge in [-0.3, -0.25) is 14.4 Å². The molecule has 1 aromatic heterocycles. The molecule has 0 atom stereocenters. The number of anilines is 1. The summed E-state index contributed by atoms with van der Waals surface area (Å²) in [7, 11) is 0. The third-order valence-corrected chi connectivity index (χ3v) is 6.60. The fourth-order valence-corrected chi connectivity index (χ4v) is 4.93. The fraction of sp³-hybridized carbons (Fsp3) is 0.346. The number of hydrogen-bond donors (Lipinski definition) is 0. The number of carbonyl (C=O) groups excluding carboxylic acids is 3. The minimum Gasteiger partial charge on any atom is -0.341 e. The molecule has 3 aromatic rings. The van der Waals surface area contributed by atoms with Crippen LogP contribution in [0, 0.1) is 0 Å². The normalized spacial score (nSPS) is 16.1. The molecule has 6 heteroatoms. The SMILES string of the molecule is O=C(C(=O)N1CCCc2ccccc21)c1cn(CC(=O)N2CCCCC2)c2ccccc12. The van der Waals surface area contributed by atoms with E-state index in [0.717, 1.165) is 62.0 Å². The van der Waals surface area contributed by atoms with Crippen LogP contribution in [0.25, 0.3) is 10.9 Å².